The molecule has 4 N–H and O–H groups in total. The van der Waals surface area contributed by atoms with Gasteiger partial charge in [-0.15, -0.1) is 11.3 Å². The number of aliphatic hydroxyl groups excluding tert-OH is 4. The van der Waals surface area contributed by atoms with Crippen LogP contribution in [0.5, 0.6) is 0 Å². The van der Waals surface area contributed by atoms with Gasteiger partial charge in [0.2, 0.25) is 0 Å². The molecule has 7 heteroatoms. The molecule has 164 valence electrons. The van der Waals surface area contributed by atoms with E-state index in [-0.39, 0.29) is 12.2 Å². The highest BCUT2D eigenvalue weighted by Gasteiger charge is 2.25. The normalized spacial score (nSPS) is 14.3. The van der Waals surface area contributed by atoms with Crippen molar-refractivity contribution in [2.24, 2.45) is 0 Å². The number of aliphatic hydroxyl groups is 4. The van der Waals surface area contributed by atoms with Gasteiger partial charge < -0.3 is 20.4 Å². The summed E-state index contributed by atoms with van der Waals surface area (Å²) < 4.78 is 13.1. The zero-order valence-electron chi connectivity index (χ0n) is 17.0. The summed E-state index contributed by atoms with van der Waals surface area (Å²) in [6.07, 6.45) is -4.06. The van der Waals surface area contributed by atoms with E-state index in [2.05, 4.69) is 0 Å². The zero-order chi connectivity index (χ0) is 22.5. The molecule has 0 spiro atoms. The highest BCUT2D eigenvalue weighted by atomic mass is 32.1. The van der Waals surface area contributed by atoms with Crippen LogP contribution in [0.4, 0.5) is 4.39 Å². The van der Waals surface area contributed by atoms with Gasteiger partial charge in [-0.2, -0.15) is 0 Å². The summed E-state index contributed by atoms with van der Waals surface area (Å²) in [5.41, 5.74) is 3.18. The van der Waals surface area contributed by atoms with Crippen LogP contribution in [0.2, 0.25) is 0 Å². The van der Waals surface area contributed by atoms with Gasteiger partial charge in [0.05, 0.1) is 12.7 Å². The summed E-state index contributed by atoms with van der Waals surface area (Å²) in [6, 6.07) is 15.5. The second-order valence-electron chi connectivity index (χ2n) is 7.52. The molecule has 1 heterocycles. The zero-order valence-corrected chi connectivity index (χ0v) is 17.8. The molecule has 3 aromatic rings. The van der Waals surface area contributed by atoms with Crippen LogP contribution in [0, 0.1) is 12.7 Å². The molecule has 0 unspecified atom stereocenters. The third-order valence-electron chi connectivity index (χ3n) is 5.19. The SMILES string of the molecule is Cc1ccc(C(=O)[C@H](O)C[C@H](O)[C@H](O)CO)cc1Cc1ccc(-c2ccc(F)cc2)s1. The monoisotopic (exact) mass is 444 g/mol. The molecular formula is C24H25FO5S. The number of hydrogen-bond donors (Lipinski definition) is 4. The van der Waals surface area contributed by atoms with Crippen LogP contribution in [0.15, 0.2) is 54.6 Å². The number of benzene rings is 2. The lowest BCUT2D eigenvalue weighted by atomic mass is 9.95. The predicted molar refractivity (Wildman–Crippen MR) is 118 cm³/mol. The van der Waals surface area contributed by atoms with Crippen LogP contribution in [0.25, 0.3) is 10.4 Å². The first-order valence-electron chi connectivity index (χ1n) is 9.92. The Morgan fingerprint density at radius 2 is 1.71 bits per heavy atom. The number of carbonyl (C=O) groups excluding carboxylic acids is 1. The van der Waals surface area contributed by atoms with E-state index in [0.29, 0.717) is 12.0 Å². The second kappa shape index (κ2) is 10.3. The Kier molecular flexibility index (Phi) is 7.69. The van der Waals surface area contributed by atoms with Gasteiger partial charge in [-0.1, -0.05) is 24.3 Å². The van der Waals surface area contributed by atoms with E-state index in [9.17, 15) is 24.5 Å². The molecule has 0 fully saturated rings. The smallest absolute Gasteiger partial charge is 0.191 e. The van der Waals surface area contributed by atoms with Crippen LogP contribution in [0.1, 0.15) is 32.8 Å². The molecule has 0 saturated carbocycles. The molecular weight excluding hydrogens is 419 g/mol. The van der Waals surface area contributed by atoms with Gasteiger partial charge in [-0.05, 0) is 53.9 Å². The number of thiophene rings is 1. The number of Topliss-reactive ketones (excluding diaryl/α,β-unsaturated/α-hetero) is 1. The second-order valence-corrected chi connectivity index (χ2v) is 8.69. The molecule has 0 saturated heterocycles. The topological polar surface area (TPSA) is 98.0 Å². The molecule has 5 nitrogen and oxygen atoms in total. The lowest BCUT2D eigenvalue weighted by Gasteiger charge is -2.18. The highest BCUT2D eigenvalue weighted by Crippen LogP contribution is 2.30. The van der Waals surface area contributed by atoms with E-state index >= 15 is 0 Å². The third kappa shape index (κ3) is 5.84. The number of ketones is 1. The van der Waals surface area contributed by atoms with Gasteiger partial charge in [0, 0.05) is 28.2 Å². The first-order chi connectivity index (χ1) is 14.8. The average molecular weight is 445 g/mol. The third-order valence-corrected chi connectivity index (χ3v) is 6.32. The fourth-order valence-electron chi connectivity index (χ4n) is 3.25. The van der Waals surface area contributed by atoms with E-state index < -0.39 is 30.7 Å². The standard InChI is InChI=1S/C24H25FO5S/c1-14-2-3-16(24(30)21(28)12-20(27)22(29)13-26)10-17(14)11-19-8-9-23(31-19)15-4-6-18(25)7-5-15/h2-10,20-22,26-29H,11-13H2,1H3/t20-,21+,22+/m0/s1. The quantitative estimate of drug-likeness (QED) is 0.380. The maximum Gasteiger partial charge on any atom is 0.191 e. The van der Waals surface area contributed by atoms with E-state index in [1.165, 1.54) is 12.1 Å². The largest absolute Gasteiger partial charge is 0.394 e. The fourth-order valence-corrected chi connectivity index (χ4v) is 4.29. The van der Waals surface area contributed by atoms with Crippen LogP contribution < -0.4 is 0 Å². The van der Waals surface area contributed by atoms with E-state index in [1.54, 1.807) is 35.6 Å². The summed E-state index contributed by atoms with van der Waals surface area (Å²) in [6.45, 7) is 1.29. The lowest BCUT2D eigenvalue weighted by Crippen LogP contribution is -2.35. The molecule has 1 aromatic heterocycles. The van der Waals surface area contributed by atoms with Crippen molar-refractivity contribution in [3.8, 4) is 10.4 Å². The predicted octanol–water partition coefficient (Wildman–Crippen LogP) is 3.10. The van der Waals surface area contributed by atoms with Crippen molar-refractivity contribution in [2.75, 3.05) is 6.61 Å². The number of aryl methyl sites for hydroxylation is 1. The summed E-state index contributed by atoms with van der Waals surface area (Å²) in [4.78, 5) is 14.7. The minimum absolute atomic E-state index is 0.279. The molecule has 0 amide bonds. The van der Waals surface area contributed by atoms with Gasteiger partial charge in [0.1, 0.15) is 18.0 Å². The average Bonchev–Trinajstić information content (AvgIpc) is 3.23. The highest BCUT2D eigenvalue weighted by molar-refractivity contribution is 7.15. The number of hydrogen-bond acceptors (Lipinski definition) is 6. The van der Waals surface area contributed by atoms with Gasteiger partial charge in [-0.25, -0.2) is 4.39 Å². The molecule has 0 bridgehead atoms. The number of carbonyl (C=O) groups is 1. The molecule has 0 radical (unpaired) electrons. The van der Waals surface area contributed by atoms with Crippen molar-refractivity contribution in [1.82, 2.24) is 0 Å². The molecule has 31 heavy (non-hydrogen) atoms. The number of rotatable bonds is 9. The van der Waals surface area contributed by atoms with Crippen LogP contribution in [0.3, 0.4) is 0 Å². The molecule has 3 atom stereocenters. The first kappa shape index (κ1) is 23.2. The molecule has 3 rings (SSSR count). The van der Waals surface area contributed by atoms with Crippen molar-refractivity contribution in [2.45, 2.75) is 38.1 Å². The molecule has 0 aliphatic carbocycles. The van der Waals surface area contributed by atoms with Crippen molar-refractivity contribution < 1.29 is 29.6 Å². The Hall–Kier alpha value is -2.42. The maximum atomic E-state index is 13.1. The van der Waals surface area contributed by atoms with Crippen LogP contribution in [-0.4, -0.2) is 51.1 Å². The molecule has 2 aromatic carbocycles. The van der Waals surface area contributed by atoms with Crippen LogP contribution in [-0.2, 0) is 6.42 Å². The Balaban J connectivity index is 1.74. The summed E-state index contributed by atoms with van der Waals surface area (Å²) >= 11 is 1.59. The molecule has 0 aliphatic rings. The molecule has 0 aliphatic heterocycles. The van der Waals surface area contributed by atoms with Crippen molar-refractivity contribution in [3.63, 3.8) is 0 Å². The maximum absolute atomic E-state index is 13.1. The van der Waals surface area contributed by atoms with Crippen LogP contribution >= 0.6 is 11.3 Å². The number of halogens is 1. The Morgan fingerprint density at radius 3 is 2.39 bits per heavy atom. The van der Waals surface area contributed by atoms with Crippen molar-refractivity contribution in [3.05, 3.63) is 82.0 Å². The van der Waals surface area contributed by atoms with Gasteiger partial charge >= 0.3 is 0 Å². The Labute approximate surface area is 184 Å². The van der Waals surface area contributed by atoms with E-state index in [0.717, 1.165) is 26.4 Å². The van der Waals surface area contributed by atoms with Gasteiger partial charge in [-0.3, -0.25) is 4.79 Å². The minimum Gasteiger partial charge on any atom is -0.394 e. The summed E-state index contributed by atoms with van der Waals surface area (Å²) in [5, 5.41) is 38.2. The van der Waals surface area contributed by atoms with Crippen molar-refractivity contribution >= 4 is 17.1 Å². The minimum atomic E-state index is -1.49. The van der Waals surface area contributed by atoms with E-state index in [4.69, 9.17) is 5.11 Å². The van der Waals surface area contributed by atoms with Gasteiger partial charge in [0.15, 0.2) is 5.78 Å². The Bertz CT molecular complexity index is 1030. The fraction of sp³-hybridized carbons (Fsp3) is 0.292. The van der Waals surface area contributed by atoms with Gasteiger partial charge in [0.25, 0.3) is 0 Å². The lowest BCUT2D eigenvalue weighted by molar-refractivity contribution is -0.0329. The summed E-state index contributed by atoms with van der Waals surface area (Å²) in [7, 11) is 0. The summed E-state index contributed by atoms with van der Waals surface area (Å²) in [5.74, 6) is -0.832. The van der Waals surface area contributed by atoms with Crippen molar-refractivity contribution in [1.29, 1.82) is 0 Å². The first-order valence-corrected chi connectivity index (χ1v) is 10.7. The Morgan fingerprint density at radius 1 is 1.00 bits per heavy atom. The van der Waals surface area contributed by atoms with E-state index in [1.807, 2.05) is 25.1 Å².